The molecule has 0 aliphatic heterocycles. The Labute approximate surface area is 165 Å². The molecule has 0 unspecified atom stereocenters. The van der Waals surface area contributed by atoms with Crippen LogP contribution in [0, 0.1) is 0 Å². The van der Waals surface area contributed by atoms with Gasteiger partial charge in [0.1, 0.15) is 6.54 Å². The van der Waals surface area contributed by atoms with Crippen molar-refractivity contribution in [2.24, 2.45) is 0 Å². The minimum Gasteiger partial charge on any atom is -0.355 e. The average Bonchev–Trinajstić information content (AvgIpc) is 2.65. The van der Waals surface area contributed by atoms with E-state index in [1.807, 2.05) is 24.3 Å². The Bertz CT molecular complexity index is 858. The van der Waals surface area contributed by atoms with Gasteiger partial charge in [-0.15, -0.1) is 0 Å². The van der Waals surface area contributed by atoms with Crippen molar-refractivity contribution in [3.63, 3.8) is 0 Å². The third-order valence-electron chi connectivity index (χ3n) is 3.97. The van der Waals surface area contributed by atoms with Gasteiger partial charge in [0.05, 0.1) is 5.69 Å². The smallest absolute Gasteiger partial charge is 0.304 e. The number of amides is 1. The van der Waals surface area contributed by atoms with Crippen LogP contribution in [0.25, 0.3) is 0 Å². The van der Waals surface area contributed by atoms with Gasteiger partial charge in [-0.2, -0.15) is 12.7 Å². The highest BCUT2D eigenvalue weighted by molar-refractivity contribution is 7.90. The van der Waals surface area contributed by atoms with Gasteiger partial charge in [-0.1, -0.05) is 48.0 Å². The zero-order chi connectivity index (χ0) is 19.9. The van der Waals surface area contributed by atoms with Crippen molar-refractivity contribution in [2.75, 3.05) is 31.5 Å². The van der Waals surface area contributed by atoms with Crippen molar-refractivity contribution in [1.29, 1.82) is 0 Å². The van der Waals surface area contributed by atoms with Crippen LogP contribution in [0.15, 0.2) is 54.6 Å². The molecule has 0 aliphatic rings. The van der Waals surface area contributed by atoms with E-state index in [-0.39, 0.29) is 12.5 Å². The van der Waals surface area contributed by atoms with Gasteiger partial charge in [0, 0.05) is 25.7 Å². The molecule has 0 spiro atoms. The lowest BCUT2D eigenvalue weighted by molar-refractivity contribution is -0.119. The molecule has 6 nitrogen and oxygen atoms in total. The first-order valence-corrected chi connectivity index (χ1v) is 10.3. The van der Waals surface area contributed by atoms with Gasteiger partial charge >= 0.3 is 10.2 Å². The summed E-state index contributed by atoms with van der Waals surface area (Å²) in [6.07, 6.45) is 1.44. The normalized spacial score (nSPS) is 11.4. The quantitative estimate of drug-likeness (QED) is 0.647. The number of anilines is 1. The van der Waals surface area contributed by atoms with Crippen LogP contribution < -0.4 is 9.62 Å². The van der Waals surface area contributed by atoms with E-state index in [9.17, 15) is 13.2 Å². The second-order valence-corrected chi connectivity index (χ2v) is 8.65. The molecular formula is C19H24ClN3O3S. The predicted octanol–water partition coefficient (Wildman–Crippen LogP) is 2.70. The molecule has 0 aliphatic carbocycles. The van der Waals surface area contributed by atoms with Crippen molar-refractivity contribution < 1.29 is 13.2 Å². The summed E-state index contributed by atoms with van der Waals surface area (Å²) in [6.45, 7) is 0.158. The van der Waals surface area contributed by atoms with Gasteiger partial charge in [0.25, 0.3) is 0 Å². The molecule has 0 saturated carbocycles. The molecule has 2 aromatic carbocycles. The summed E-state index contributed by atoms with van der Waals surface area (Å²) in [4.78, 5) is 12.3. The van der Waals surface area contributed by atoms with E-state index in [0.717, 1.165) is 20.6 Å². The fourth-order valence-corrected chi connectivity index (χ4v) is 3.78. The maximum absolute atomic E-state index is 12.6. The Morgan fingerprint density at radius 1 is 1.04 bits per heavy atom. The molecule has 0 fully saturated rings. The van der Waals surface area contributed by atoms with E-state index in [1.54, 1.807) is 30.3 Å². The number of nitrogens with zero attached hydrogens (tertiary/aromatic N) is 2. The van der Waals surface area contributed by atoms with Gasteiger partial charge in [0.2, 0.25) is 5.91 Å². The molecule has 27 heavy (non-hydrogen) atoms. The molecule has 146 valence electrons. The van der Waals surface area contributed by atoms with Crippen LogP contribution in [-0.4, -0.2) is 45.8 Å². The van der Waals surface area contributed by atoms with Crippen molar-refractivity contribution >= 4 is 33.4 Å². The van der Waals surface area contributed by atoms with Crippen LogP contribution in [-0.2, 0) is 21.4 Å². The van der Waals surface area contributed by atoms with Gasteiger partial charge in [-0.05, 0) is 36.6 Å². The summed E-state index contributed by atoms with van der Waals surface area (Å²) in [5.41, 5.74) is 1.46. The van der Waals surface area contributed by atoms with Crippen LogP contribution in [0.1, 0.15) is 12.0 Å². The summed E-state index contributed by atoms with van der Waals surface area (Å²) >= 11 is 6.12. The van der Waals surface area contributed by atoms with E-state index >= 15 is 0 Å². The summed E-state index contributed by atoms with van der Waals surface area (Å²) in [5.74, 6) is -0.358. The van der Waals surface area contributed by atoms with Crippen LogP contribution in [0.2, 0.25) is 5.02 Å². The Morgan fingerprint density at radius 2 is 1.67 bits per heavy atom. The maximum atomic E-state index is 12.6. The Hall–Kier alpha value is -2.09. The van der Waals surface area contributed by atoms with Gasteiger partial charge in [-0.25, -0.2) is 4.31 Å². The number of aryl methyl sites for hydroxylation is 1. The molecule has 0 atom stereocenters. The number of nitrogens with one attached hydrogen (secondary N) is 1. The standard InChI is InChI=1S/C19H24ClN3O3S/c1-22(2)27(25,26)23(17-11-4-3-5-12-17)15-19(24)21-14-8-10-16-9-6-7-13-18(16)20/h3-7,9,11-13H,8,10,14-15H2,1-2H3,(H,21,24). The average molecular weight is 410 g/mol. The van der Waals surface area contributed by atoms with Crippen LogP contribution in [0.3, 0.4) is 0 Å². The minimum atomic E-state index is -3.78. The number of hydrogen-bond acceptors (Lipinski definition) is 3. The Morgan fingerprint density at radius 3 is 2.30 bits per heavy atom. The molecular weight excluding hydrogens is 386 g/mol. The largest absolute Gasteiger partial charge is 0.355 e. The first-order valence-electron chi connectivity index (χ1n) is 8.57. The Kier molecular flexibility index (Phi) is 7.65. The molecule has 1 N–H and O–H groups in total. The number of para-hydroxylation sites is 1. The second-order valence-electron chi connectivity index (χ2n) is 6.18. The maximum Gasteiger partial charge on any atom is 0.304 e. The van der Waals surface area contributed by atoms with E-state index in [1.165, 1.54) is 14.1 Å². The lowest BCUT2D eigenvalue weighted by Gasteiger charge is -2.26. The van der Waals surface area contributed by atoms with Crippen molar-refractivity contribution in [1.82, 2.24) is 9.62 Å². The summed E-state index contributed by atoms with van der Waals surface area (Å²) < 4.78 is 27.3. The zero-order valence-electron chi connectivity index (χ0n) is 15.4. The highest BCUT2D eigenvalue weighted by Crippen LogP contribution is 2.19. The predicted molar refractivity (Wildman–Crippen MR) is 109 cm³/mol. The Balaban J connectivity index is 1.95. The van der Waals surface area contributed by atoms with Gasteiger partial charge < -0.3 is 5.32 Å². The molecule has 0 aromatic heterocycles. The van der Waals surface area contributed by atoms with Crippen LogP contribution in [0.5, 0.6) is 0 Å². The van der Waals surface area contributed by atoms with E-state index < -0.39 is 10.2 Å². The summed E-state index contributed by atoms with van der Waals surface area (Å²) in [5, 5.41) is 3.48. The number of benzene rings is 2. The molecule has 2 aromatic rings. The number of carbonyl (C=O) groups is 1. The number of carbonyl (C=O) groups excluding carboxylic acids is 1. The fourth-order valence-electron chi connectivity index (χ4n) is 2.49. The van der Waals surface area contributed by atoms with Crippen molar-refractivity contribution in [2.45, 2.75) is 12.8 Å². The molecule has 0 heterocycles. The molecule has 1 amide bonds. The molecule has 0 radical (unpaired) electrons. The highest BCUT2D eigenvalue weighted by atomic mass is 35.5. The van der Waals surface area contributed by atoms with Gasteiger partial charge in [0.15, 0.2) is 0 Å². The van der Waals surface area contributed by atoms with E-state index in [4.69, 9.17) is 11.6 Å². The monoisotopic (exact) mass is 409 g/mol. The first-order chi connectivity index (χ1) is 12.8. The van der Waals surface area contributed by atoms with E-state index in [0.29, 0.717) is 23.7 Å². The first kappa shape index (κ1) is 21.2. The zero-order valence-corrected chi connectivity index (χ0v) is 17.0. The van der Waals surface area contributed by atoms with Crippen molar-refractivity contribution in [3.8, 4) is 0 Å². The van der Waals surface area contributed by atoms with Crippen LogP contribution in [0.4, 0.5) is 5.69 Å². The molecule has 2 rings (SSSR count). The number of rotatable bonds is 9. The van der Waals surface area contributed by atoms with Crippen molar-refractivity contribution in [3.05, 3.63) is 65.2 Å². The molecule has 0 bridgehead atoms. The molecule has 8 heteroatoms. The number of halogens is 1. The second kappa shape index (κ2) is 9.73. The highest BCUT2D eigenvalue weighted by Gasteiger charge is 2.26. The third-order valence-corrected chi connectivity index (χ3v) is 6.16. The number of hydrogen-bond donors (Lipinski definition) is 1. The summed E-state index contributed by atoms with van der Waals surface area (Å²) in [7, 11) is -0.903. The third kappa shape index (κ3) is 5.95. The lowest BCUT2D eigenvalue weighted by atomic mass is 10.1. The lowest BCUT2D eigenvalue weighted by Crippen LogP contribution is -2.46. The summed E-state index contributed by atoms with van der Waals surface area (Å²) in [6, 6.07) is 16.1. The van der Waals surface area contributed by atoms with E-state index in [2.05, 4.69) is 5.32 Å². The topological polar surface area (TPSA) is 69.7 Å². The fraction of sp³-hybridized carbons (Fsp3) is 0.316. The van der Waals surface area contributed by atoms with Gasteiger partial charge in [-0.3, -0.25) is 4.79 Å². The minimum absolute atomic E-state index is 0.281. The molecule has 0 saturated heterocycles. The SMILES string of the molecule is CN(C)S(=O)(=O)N(CC(=O)NCCCc1ccccc1Cl)c1ccccc1. The van der Waals surface area contributed by atoms with Crippen LogP contribution >= 0.6 is 11.6 Å².